The topological polar surface area (TPSA) is 101 Å². The Morgan fingerprint density at radius 3 is 1.75 bits per heavy atom. The van der Waals surface area contributed by atoms with Crippen LogP contribution in [0.15, 0.2) is 161 Å². The number of nitrogens with zero attached hydrogens (tertiary/aromatic N) is 2. The van der Waals surface area contributed by atoms with Crippen molar-refractivity contribution in [3.05, 3.63) is 179 Å². The number of hydrogen-bond donors (Lipinski definition) is 0. The quantitative estimate of drug-likeness (QED) is 0.109. The lowest BCUT2D eigenvalue weighted by Crippen LogP contribution is -2.46. The van der Waals surface area contributed by atoms with Gasteiger partial charge in [0.05, 0.1) is 29.5 Å². The average molecular weight is 743 g/mol. The summed E-state index contributed by atoms with van der Waals surface area (Å²) in [6.45, 7) is 4.45. The highest BCUT2D eigenvalue weighted by Crippen LogP contribution is 2.44. The summed E-state index contributed by atoms with van der Waals surface area (Å²) >= 11 is 0. The van der Waals surface area contributed by atoms with Crippen LogP contribution >= 0.6 is 0 Å². The van der Waals surface area contributed by atoms with Crippen LogP contribution in [0.4, 0.5) is 0 Å². The van der Waals surface area contributed by atoms with Crippen LogP contribution in [-0.2, 0) is 29.6 Å². The maximum absolute atomic E-state index is 15.0. The maximum atomic E-state index is 15.0. The predicted molar refractivity (Wildman–Crippen MR) is 207 cm³/mol. The van der Waals surface area contributed by atoms with Gasteiger partial charge in [0, 0.05) is 11.1 Å². The van der Waals surface area contributed by atoms with E-state index in [4.69, 9.17) is 4.74 Å². The second kappa shape index (κ2) is 15.8. The van der Waals surface area contributed by atoms with E-state index in [0.717, 1.165) is 19.7 Å². The number of rotatable bonds is 10. The molecule has 0 radical (unpaired) electrons. The third-order valence-corrected chi connectivity index (χ3v) is 12.2. The number of esters is 1. The summed E-state index contributed by atoms with van der Waals surface area (Å²) in [6, 6.07) is 39.7. The number of hydrogen-bond acceptors (Lipinski definition) is 6. The number of sulfonamides is 2. The molecule has 0 saturated carbocycles. The van der Waals surface area contributed by atoms with Gasteiger partial charge in [-0.3, -0.25) is 0 Å². The molecule has 5 aromatic carbocycles. The van der Waals surface area contributed by atoms with Crippen LogP contribution in [0.1, 0.15) is 34.7 Å². The first-order chi connectivity index (χ1) is 25.5. The Bertz CT molecular complexity index is 2450. The van der Waals surface area contributed by atoms with Crippen molar-refractivity contribution in [1.82, 2.24) is 8.61 Å². The lowest BCUT2D eigenvalue weighted by molar-refractivity contribution is -0.138. The molecule has 5 aromatic rings. The van der Waals surface area contributed by atoms with Crippen molar-refractivity contribution in [2.75, 3.05) is 19.7 Å². The Hall–Kier alpha value is -5.89. The number of aryl methyl sites for hydroxylation is 2. The molecule has 8 nitrogen and oxygen atoms in total. The molecule has 0 atom stereocenters. The normalized spacial score (nSPS) is 13.3. The number of carbonyl (C=O) groups is 1. The van der Waals surface area contributed by atoms with Gasteiger partial charge in [0.25, 0.3) is 20.0 Å². The van der Waals surface area contributed by atoms with E-state index in [9.17, 15) is 13.2 Å². The highest BCUT2D eigenvalue weighted by atomic mass is 32.2. The van der Waals surface area contributed by atoms with Crippen LogP contribution < -0.4 is 0 Å². The van der Waals surface area contributed by atoms with E-state index in [1.807, 2.05) is 68.4 Å². The molecule has 0 amide bonds. The van der Waals surface area contributed by atoms with Crippen molar-refractivity contribution >= 4 is 37.2 Å². The van der Waals surface area contributed by atoms with E-state index in [-0.39, 0.29) is 34.3 Å². The summed E-state index contributed by atoms with van der Waals surface area (Å²) in [5.74, 6) is 4.70. The Morgan fingerprint density at radius 1 is 0.698 bits per heavy atom. The summed E-state index contributed by atoms with van der Waals surface area (Å²) in [6.07, 6.45) is 0. The van der Waals surface area contributed by atoms with E-state index in [1.54, 1.807) is 67.6 Å². The van der Waals surface area contributed by atoms with Gasteiger partial charge in [0.15, 0.2) is 0 Å². The largest absolute Gasteiger partial charge is 0.462 e. The van der Waals surface area contributed by atoms with Gasteiger partial charge in [-0.2, -0.15) is 0 Å². The van der Waals surface area contributed by atoms with Gasteiger partial charge in [-0.25, -0.2) is 30.2 Å². The van der Waals surface area contributed by atoms with Crippen molar-refractivity contribution in [3.63, 3.8) is 0 Å². The summed E-state index contributed by atoms with van der Waals surface area (Å²) in [7, 11) is -9.13. The van der Waals surface area contributed by atoms with E-state index < -0.39 is 32.6 Å². The highest BCUT2D eigenvalue weighted by Gasteiger charge is 2.44. The first-order valence-corrected chi connectivity index (χ1v) is 19.9. The number of benzene rings is 5. The van der Waals surface area contributed by atoms with Crippen molar-refractivity contribution in [3.8, 4) is 11.8 Å². The molecule has 1 aliphatic heterocycles. The molecule has 10 heteroatoms. The van der Waals surface area contributed by atoms with E-state index in [2.05, 4.69) is 11.8 Å². The molecule has 0 saturated heterocycles. The molecule has 0 bridgehead atoms. The summed E-state index contributed by atoms with van der Waals surface area (Å²) in [5.41, 5.74) is 4.12. The fourth-order valence-corrected chi connectivity index (χ4v) is 8.90. The Labute approximate surface area is 311 Å². The van der Waals surface area contributed by atoms with Crippen LogP contribution in [0.5, 0.6) is 0 Å². The number of carbonyl (C=O) groups excluding carboxylic acids is 1. The Kier molecular flexibility index (Phi) is 11.0. The summed E-state index contributed by atoms with van der Waals surface area (Å²) in [4.78, 5) is 14.4. The van der Waals surface area contributed by atoms with E-state index >= 15 is 8.42 Å². The second-order valence-electron chi connectivity index (χ2n) is 12.3. The van der Waals surface area contributed by atoms with Crippen molar-refractivity contribution in [1.29, 1.82) is 0 Å². The first-order valence-electron chi connectivity index (χ1n) is 17.0. The molecule has 0 N–H and O–H groups in total. The molecule has 1 heterocycles. The molecule has 0 aromatic heterocycles. The minimum Gasteiger partial charge on any atom is -0.462 e. The van der Waals surface area contributed by atoms with Gasteiger partial charge < -0.3 is 4.74 Å². The predicted octanol–water partition coefficient (Wildman–Crippen LogP) is 7.44. The molecule has 1 aliphatic rings. The van der Waals surface area contributed by atoms with Crippen molar-refractivity contribution in [2.24, 2.45) is 0 Å². The third-order valence-electron chi connectivity index (χ3n) is 8.66. The lowest BCUT2D eigenvalue weighted by Gasteiger charge is -2.39. The molecule has 0 aliphatic carbocycles. The van der Waals surface area contributed by atoms with Gasteiger partial charge in [-0.15, -0.1) is 0 Å². The van der Waals surface area contributed by atoms with Gasteiger partial charge in [-0.1, -0.05) is 126 Å². The molecule has 6 rings (SSSR count). The summed E-state index contributed by atoms with van der Waals surface area (Å²) < 4.78 is 67.6. The minimum atomic E-state index is -4.59. The monoisotopic (exact) mass is 742 g/mol. The zero-order valence-electron chi connectivity index (χ0n) is 29.6. The van der Waals surface area contributed by atoms with E-state index in [1.165, 1.54) is 24.3 Å². The first kappa shape index (κ1) is 36.9. The molecule has 0 spiro atoms. The van der Waals surface area contributed by atoms with Crippen LogP contribution in [0.2, 0.25) is 0 Å². The fraction of sp³-hybridized carbons (Fsp3) is 0.140. The fourth-order valence-electron chi connectivity index (χ4n) is 6.01. The van der Waals surface area contributed by atoms with Crippen LogP contribution in [0, 0.1) is 25.7 Å². The van der Waals surface area contributed by atoms with Gasteiger partial charge in [0.1, 0.15) is 11.4 Å². The van der Waals surface area contributed by atoms with Gasteiger partial charge >= 0.3 is 5.97 Å². The van der Waals surface area contributed by atoms with Crippen LogP contribution in [0.3, 0.4) is 0 Å². The molecule has 0 unspecified atom stereocenters. The highest BCUT2D eigenvalue weighted by molar-refractivity contribution is 7.90. The SMILES string of the molecule is CCOC(=O)C1=C(N(CC#Cc2ccccc2)S(=O)(=O)c2ccc(C)cc2)N(S(=O)(=O)c2ccc(C)cc2)CC(c2ccccc2)=C1c1ccccc1. The zero-order valence-corrected chi connectivity index (χ0v) is 31.2. The second-order valence-corrected chi connectivity index (χ2v) is 16.0. The number of ether oxygens (including phenoxy) is 1. The standard InChI is InChI=1S/C43H38N2O6S2/c1-4-51-43(46)41-40(36-20-12-7-13-21-36)39(35-18-10-6-11-19-35)31-45(53(49,50)38-28-24-33(3)25-29-38)42(41)44(30-14-17-34-15-8-5-9-16-34)52(47,48)37-26-22-32(2)23-27-37/h5-13,15-16,18-29H,4,30-31H2,1-3H3. The molecule has 268 valence electrons. The average Bonchev–Trinajstić information content (AvgIpc) is 3.17. The Morgan fingerprint density at radius 2 is 1.21 bits per heavy atom. The molecular weight excluding hydrogens is 705 g/mol. The van der Waals surface area contributed by atoms with Gasteiger partial charge in [-0.05, 0) is 73.9 Å². The van der Waals surface area contributed by atoms with Crippen molar-refractivity contribution < 1.29 is 26.4 Å². The molecule has 0 fully saturated rings. The maximum Gasteiger partial charge on any atom is 0.342 e. The molecule has 53 heavy (non-hydrogen) atoms. The summed E-state index contributed by atoms with van der Waals surface area (Å²) in [5, 5.41) is 0. The molecular formula is C43H38N2O6S2. The minimum absolute atomic E-state index is 0.0540. The van der Waals surface area contributed by atoms with E-state index in [0.29, 0.717) is 27.8 Å². The van der Waals surface area contributed by atoms with Crippen LogP contribution in [-0.4, -0.2) is 51.1 Å². The lowest BCUT2D eigenvalue weighted by atomic mass is 9.87. The smallest absolute Gasteiger partial charge is 0.342 e. The van der Waals surface area contributed by atoms with Crippen LogP contribution in [0.25, 0.3) is 11.1 Å². The third kappa shape index (κ3) is 7.82. The van der Waals surface area contributed by atoms with Gasteiger partial charge in [0.2, 0.25) is 0 Å². The zero-order chi connectivity index (χ0) is 37.6. The Balaban J connectivity index is 1.75. The van der Waals surface area contributed by atoms with Crippen molar-refractivity contribution in [2.45, 2.75) is 30.6 Å².